The van der Waals surface area contributed by atoms with Crippen molar-refractivity contribution in [1.29, 1.82) is 0 Å². The van der Waals surface area contributed by atoms with Crippen LogP contribution in [0.1, 0.15) is 40.5 Å². The smallest absolute Gasteiger partial charge is 0.239 e. The Morgan fingerprint density at radius 3 is 2.61 bits per heavy atom. The molecule has 18 heavy (non-hydrogen) atoms. The topological polar surface area (TPSA) is 35.6 Å². The van der Waals surface area contributed by atoms with Crippen LogP contribution < -0.4 is 5.32 Å². The van der Waals surface area contributed by atoms with Gasteiger partial charge in [0.1, 0.15) is 0 Å². The number of carbonyl (C=O) groups is 1. The zero-order valence-corrected chi connectivity index (χ0v) is 12.4. The van der Waals surface area contributed by atoms with E-state index in [1.807, 2.05) is 25.7 Å². The molecule has 1 rings (SSSR count). The van der Waals surface area contributed by atoms with Crippen LogP contribution in [-0.2, 0) is 4.79 Å². The maximum Gasteiger partial charge on any atom is 0.239 e. The van der Waals surface area contributed by atoms with E-state index in [1.54, 1.807) is 0 Å². The Hall–Kier alpha value is -0.610. The van der Waals surface area contributed by atoms with Crippen molar-refractivity contribution in [2.75, 3.05) is 32.7 Å². The third-order valence-electron chi connectivity index (χ3n) is 4.01. The molecule has 2 atom stereocenters. The van der Waals surface area contributed by atoms with Crippen LogP contribution in [0, 0.1) is 0 Å². The second-order valence-corrected chi connectivity index (χ2v) is 5.07. The normalized spacial score (nSPS) is 22.1. The highest BCUT2D eigenvalue weighted by molar-refractivity contribution is 5.81. The number of hydrogen-bond acceptors (Lipinski definition) is 3. The van der Waals surface area contributed by atoms with Crippen LogP contribution in [0.2, 0.25) is 0 Å². The van der Waals surface area contributed by atoms with Gasteiger partial charge in [-0.2, -0.15) is 0 Å². The highest BCUT2D eigenvalue weighted by Crippen LogP contribution is 2.15. The SMILES string of the molecule is CCN(CC)C(=O)C(C)NCC1CCCN1CC. The van der Waals surface area contributed by atoms with E-state index in [-0.39, 0.29) is 11.9 Å². The van der Waals surface area contributed by atoms with Gasteiger partial charge >= 0.3 is 0 Å². The van der Waals surface area contributed by atoms with E-state index in [1.165, 1.54) is 19.4 Å². The summed E-state index contributed by atoms with van der Waals surface area (Å²) in [4.78, 5) is 16.5. The average molecular weight is 255 g/mol. The zero-order chi connectivity index (χ0) is 13.5. The third-order valence-corrected chi connectivity index (χ3v) is 4.01. The van der Waals surface area contributed by atoms with E-state index in [2.05, 4.69) is 17.1 Å². The minimum Gasteiger partial charge on any atom is -0.342 e. The van der Waals surface area contributed by atoms with Crippen molar-refractivity contribution in [2.45, 2.75) is 52.6 Å². The lowest BCUT2D eigenvalue weighted by Crippen LogP contribution is -2.48. The largest absolute Gasteiger partial charge is 0.342 e. The first-order valence-corrected chi connectivity index (χ1v) is 7.40. The summed E-state index contributed by atoms with van der Waals surface area (Å²) in [7, 11) is 0. The number of likely N-dealkylation sites (N-methyl/N-ethyl adjacent to an activating group) is 2. The molecule has 0 aromatic rings. The number of rotatable bonds is 7. The molecule has 4 nitrogen and oxygen atoms in total. The van der Waals surface area contributed by atoms with Crippen LogP contribution in [0.15, 0.2) is 0 Å². The average Bonchev–Trinajstić information content (AvgIpc) is 2.84. The van der Waals surface area contributed by atoms with E-state index >= 15 is 0 Å². The van der Waals surface area contributed by atoms with Gasteiger partial charge in [-0.25, -0.2) is 0 Å². The van der Waals surface area contributed by atoms with Gasteiger partial charge in [-0.15, -0.1) is 0 Å². The van der Waals surface area contributed by atoms with Gasteiger partial charge in [-0.1, -0.05) is 6.92 Å². The molecule has 1 saturated heterocycles. The maximum atomic E-state index is 12.1. The molecule has 0 aliphatic carbocycles. The fourth-order valence-electron chi connectivity index (χ4n) is 2.75. The number of likely N-dealkylation sites (tertiary alicyclic amines) is 1. The Morgan fingerprint density at radius 2 is 2.06 bits per heavy atom. The van der Waals surface area contributed by atoms with Crippen molar-refractivity contribution in [1.82, 2.24) is 15.1 Å². The van der Waals surface area contributed by atoms with Gasteiger partial charge in [0.05, 0.1) is 6.04 Å². The van der Waals surface area contributed by atoms with Crippen molar-refractivity contribution in [3.05, 3.63) is 0 Å². The van der Waals surface area contributed by atoms with E-state index in [0.29, 0.717) is 6.04 Å². The minimum atomic E-state index is -0.0655. The van der Waals surface area contributed by atoms with Crippen LogP contribution in [0.5, 0.6) is 0 Å². The van der Waals surface area contributed by atoms with Crippen LogP contribution in [0.4, 0.5) is 0 Å². The number of nitrogens with zero attached hydrogens (tertiary/aromatic N) is 2. The van der Waals surface area contributed by atoms with E-state index < -0.39 is 0 Å². The fraction of sp³-hybridized carbons (Fsp3) is 0.929. The van der Waals surface area contributed by atoms with Crippen molar-refractivity contribution in [2.24, 2.45) is 0 Å². The molecule has 0 bridgehead atoms. The van der Waals surface area contributed by atoms with Gasteiger partial charge in [0, 0.05) is 25.7 Å². The molecule has 0 aromatic carbocycles. The van der Waals surface area contributed by atoms with E-state index in [9.17, 15) is 4.79 Å². The number of hydrogen-bond donors (Lipinski definition) is 1. The van der Waals surface area contributed by atoms with Crippen LogP contribution in [0.25, 0.3) is 0 Å². The number of amides is 1. The van der Waals surface area contributed by atoms with Crippen molar-refractivity contribution in [3.8, 4) is 0 Å². The summed E-state index contributed by atoms with van der Waals surface area (Å²) in [5.74, 6) is 0.223. The van der Waals surface area contributed by atoms with Crippen LogP contribution in [-0.4, -0.2) is 60.5 Å². The maximum absolute atomic E-state index is 12.1. The summed E-state index contributed by atoms with van der Waals surface area (Å²) in [5.41, 5.74) is 0. The molecule has 1 fully saturated rings. The molecule has 1 aliphatic rings. The lowest BCUT2D eigenvalue weighted by molar-refractivity contribution is -0.132. The Morgan fingerprint density at radius 1 is 1.39 bits per heavy atom. The molecule has 2 unspecified atom stereocenters. The standard InChI is InChI=1S/C14H29N3O/c1-5-16(6-2)14(18)12(4)15-11-13-9-8-10-17(13)7-3/h12-13,15H,5-11H2,1-4H3. The predicted molar refractivity (Wildman–Crippen MR) is 75.7 cm³/mol. The summed E-state index contributed by atoms with van der Waals surface area (Å²) < 4.78 is 0. The van der Waals surface area contributed by atoms with Crippen molar-refractivity contribution in [3.63, 3.8) is 0 Å². The molecular weight excluding hydrogens is 226 g/mol. The van der Waals surface area contributed by atoms with Crippen molar-refractivity contribution >= 4 is 5.91 Å². The van der Waals surface area contributed by atoms with E-state index in [4.69, 9.17) is 0 Å². The fourth-order valence-corrected chi connectivity index (χ4v) is 2.75. The summed E-state index contributed by atoms with van der Waals surface area (Å²) in [5, 5.41) is 3.40. The second-order valence-electron chi connectivity index (χ2n) is 5.07. The summed E-state index contributed by atoms with van der Waals surface area (Å²) >= 11 is 0. The quantitative estimate of drug-likeness (QED) is 0.745. The molecule has 1 aliphatic heterocycles. The summed E-state index contributed by atoms with van der Waals surface area (Å²) in [6.07, 6.45) is 2.55. The van der Waals surface area contributed by atoms with Crippen LogP contribution in [0.3, 0.4) is 0 Å². The molecule has 4 heteroatoms. The second kappa shape index (κ2) is 7.74. The molecule has 106 valence electrons. The molecule has 0 saturated carbocycles. The molecule has 0 spiro atoms. The lowest BCUT2D eigenvalue weighted by Gasteiger charge is -2.27. The Labute approximate surface area is 112 Å². The summed E-state index contributed by atoms with van der Waals surface area (Å²) in [6.45, 7) is 13.1. The molecular formula is C14H29N3O. The van der Waals surface area contributed by atoms with Gasteiger partial charge in [0.25, 0.3) is 0 Å². The first-order valence-electron chi connectivity index (χ1n) is 7.40. The van der Waals surface area contributed by atoms with Gasteiger partial charge < -0.3 is 10.2 Å². The third kappa shape index (κ3) is 3.95. The summed E-state index contributed by atoms with van der Waals surface area (Å²) in [6, 6.07) is 0.547. The van der Waals surface area contributed by atoms with Gasteiger partial charge in [0.2, 0.25) is 5.91 Å². The van der Waals surface area contributed by atoms with Gasteiger partial charge in [0.15, 0.2) is 0 Å². The Kier molecular flexibility index (Phi) is 6.65. The first-order chi connectivity index (χ1) is 8.63. The van der Waals surface area contributed by atoms with Gasteiger partial charge in [-0.3, -0.25) is 9.69 Å². The molecule has 1 N–H and O–H groups in total. The van der Waals surface area contributed by atoms with Crippen LogP contribution >= 0.6 is 0 Å². The molecule has 0 radical (unpaired) electrons. The highest BCUT2D eigenvalue weighted by Gasteiger charge is 2.24. The molecule has 0 aromatic heterocycles. The highest BCUT2D eigenvalue weighted by atomic mass is 16.2. The molecule has 1 heterocycles. The van der Waals surface area contributed by atoms with E-state index in [0.717, 1.165) is 26.2 Å². The first kappa shape index (κ1) is 15.4. The monoisotopic (exact) mass is 255 g/mol. The minimum absolute atomic E-state index is 0.0655. The number of carbonyl (C=O) groups excluding carboxylic acids is 1. The Bertz CT molecular complexity index is 253. The van der Waals surface area contributed by atoms with Gasteiger partial charge in [-0.05, 0) is 46.7 Å². The number of nitrogens with one attached hydrogen (secondary N) is 1. The zero-order valence-electron chi connectivity index (χ0n) is 12.4. The molecule has 1 amide bonds. The Balaban J connectivity index is 2.36. The van der Waals surface area contributed by atoms with Crippen molar-refractivity contribution < 1.29 is 4.79 Å². The lowest BCUT2D eigenvalue weighted by atomic mass is 10.2. The predicted octanol–water partition coefficient (Wildman–Crippen LogP) is 1.32.